The van der Waals surface area contributed by atoms with Gasteiger partial charge in [0.2, 0.25) is 0 Å². The monoisotopic (exact) mass is 655 g/mol. The van der Waals surface area contributed by atoms with Crippen LogP contribution in [0.2, 0.25) is 0 Å². The quantitative estimate of drug-likeness (QED) is 0.171. The highest BCUT2D eigenvalue weighted by molar-refractivity contribution is 6.09. The Kier molecular flexibility index (Phi) is 7.63. The van der Waals surface area contributed by atoms with Crippen molar-refractivity contribution in [1.29, 1.82) is 0 Å². The second kappa shape index (κ2) is 12.9. The summed E-state index contributed by atoms with van der Waals surface area (Å²) < 4.78 is 2.35. The summed E-state index contributed by atoms with van der Waals surface area (Å²) in [5.74, 6) is 1.87. The number of benzene rings is 7. The van der Waals surface area contributed by atoms with Crippen LogP contribution in [0.3, 0.4) is 0 Å². The molecule has 0 aliphatic rings. The molecule has 0 unspecified atom stereocenters. The Morgan fingerprint density at radius 3 is 1.43 bits per heavy atom. The van der Waals surface area contributed by atoms with Crippen molar-refractivity contribution in [2.24, 2.45) is 0 Å². The topological polar surface area (TPSA) is 46.8 Å². The molecule has 0 bridgehead atoms. The number of aromatic nitrogens is 4. The molecule has 7 aromatic carbocycles. The third-order valence-electron chi connectivity index (χ3n) is 9.32. The molecule has 0 aliphatic carbocycles. The minimum atomic E-state index is 0.609. The first-order chi connectivity index (χ1) is 25.2. The van der Waals surface area contributed by atoms with Crippen molar-refractivity contribution < 1.29 is 0 Å². The first-order valence-electron chi connectivity index (χ1n) is 17.1. The highest BCUT2D eigenvalue weighted by Gasteiger charge is 2.21. The standard InChI is InChI=1S/C46H33N5/c1-32-24-26-35(27-25-32)50(36-28-30-37(31-29-36)51-41-21-11-8-18-38(41)39-19-9-12-22-42(39)51)43-23-13-10-20-40(43)46-48-44(33-14-4-2-5-15-33)47-45(49-46)34-16-6-3-7-17-34/h2-31H,1H3. The van der Waals surface area contributed by atoms with Gasteiger partial charge < -0.3 is 9.47 Å². The van der Waals surface area contributed by atoms with Crippen molar-refractivity contribution >= 4 is 38.9 Å². The molecule has 51 heavy (non-hydrogen) atoms. The van der Waals surface area contributed by atoms with E-state index in [0.717, 1.165) is 39.4 Å². The Labute approximate surface area is 296 Å². The van der Waals surface area contributed by atoms with Crippen LogP contribution in [0.1, 0.15) is 5.56 Å². The summed E-state index contributed by atoms with van der Waals surface area (Å²) in [6.07, 6.45) is 0. The second-order valence-corrected chi connectivity index (χ2v) is 12.6. The van der Waals surface area contributed by atoms with Crippen LogP contribution >= 0.6 is 0 Å². The summed E-state index contributed by atoms with van der Waals surface area (Å²) >= 11 is 0. The number of rotatable bonds is 7. The van der Waals surface area contributed by atoms with Crippen LogP contribution in [-0.2, 0) is 0 Å². The number of aryl methyl sites for hydroxylation is 1. The third kappa shape index (κ3) is 5.61. The molecule has 0 N–H and O–H groups in total. The molecule has 0 amide bonds. The zero-order valence-corrected chi connectivity index (χ0v) is 28.1. The number of nitrogens with zero attached hydrogens (tertiary/aromatic N) is 5. The van der Waals surface area contributed by atoms with Crippen LogP contribution in [0, 0.1) is 6.92 Å². The normalized spacial score (nSPS) is 11.2. The van der Waals surface area contributed by atoms with Crippen LogP contribution in [0.5, 0.6) is 0 Å². The Morgan fingerprint density at radius 2 is 0.863 bits per heavy atom. The van der Waals surface area contributed by atoms with E-state index >= 15 is 0 Å². The molecule has 242 valence electrons. The number of para-hydroxylation sites is 3. The summed E-state index contributed by atoms with van der Waals surface area (Å²) in [6.45, 7) is 2.11. The zero-order valence-electron chi connectivity index (χ0n) is 28.1. The maximum Gasteiger partial charge on any atom is 0.166 e. The van der Waals surface area contributed by atoms with Gasteiger partial charge in [-0.05, 0) is 67.6 Å². The summed E-state index contributed by atoms with van der Waals surface area (Å²) in [5.41, 5.74) is 10.5. The lowest BCUT2D eigenvalue weighted by molar-refractivity contribution is 1.07. The van der Waals surface area contributed by atoms with Crippen molar-refractivity contribution in [2.75, 3.05) is 4.90 Å². The molecule has 9 aromatic rings. The number of fused-ring (bicyclic) bond motifs is 3. The van der Waals surface area contributed by atoms with Crippen LogP contribution in [0.15, 0.2) is 182 Å². The Morgan fingerprint density at radius 1 is 0.412 bits per heavy atom. The Hall–Kier alpha value is -6.85. The third-order valence-corrected chi connectivity index (χ3v) is 9.32. The van der Waals surface area contributed by atoms with Gasteiger partial charge in [-0.15, -0.1) is 0 Å². The fraction of sp³-hybridized carbons (Fsp3) is 0.0217. The minimum absolute atomic E-state index is 0.609. The van der Waals surface area contributed by atoms with Gasteiger partial charge >= 0.3 is 0 Å². The summed E-state index contributed by atoms with van der Waals surface area (Å²) in [7, 11) is 0. The minimum Gasteiger partial charge on any atom is -0.310 e. The SMILES string of the molecule is Cc1ccc(N(c2ccc(-n3c4ccccc4c4ccccc43)cc2)c2ccccc2-c2nc(-c3ccccc3)nc(-c3ccccc3)n2)cc1. The van der Waals surface area contributed by atoms with Crippen LogP contribution < -0.4 is 4.90 Å². The molecule has 0 fully saturated rings. The second-order valence-electron chi connectivity index (χ2n) is 12.6. The first kappa shape index (κ1) is 30.2. The van der Waals surface area contributed by atoms with Crippen molar-refractivity contribution in [1.82, 2.24) is 19.5 Å². The number of hydrogen-bond acceptors (Lipinski definition) is 4. The van der Waals surface area contributed by atoms with E-state index in [4.69, 9.17) is 15.0 Å². The summed E-state index contributed by atoms with van der Waals surface area (Å²) in [5, 5.41) is 2.49. The molecule has 0 spiro atoms. The van der Waals surface area contributed by atoms with Gasteiger partial charge in [0.05, 0.1) is 16.7 Å². The van der Waals surface area contributed by atoms with Gasteiger partial charge in [0.15, 0.2) is 17.5 Å². The molecule has 9 rings (SSSR count). The van der Waals surface area contributed by atoms with E-state index in [2.05, 4.69) is 132 Å². The number of anilines is 3. The highest BCUT2D eigenvalue weighted by Crippen LogP contribution is 2.41. The van der Waals surface area contributed by atoms with Gasteiger partial charge in [-0.2, -0.15) is 0 Å². The first-order valence-corrected chi connectivity index (χ1v) is 17.1. The van der Waals surface area contributed by atoms with Crippen molar-refractivity contribution in [3.63, 3.8) is 0 Å². The molecular formula is C46H33N5. The largest absolute Gasteiger partial charge is 0.310 e. The summed E-state index contributed by atoms with van der Waals surface area (Å²) in [4.78, 5) is 17.4. The van der Waals surface area contributed by atoms with Crippen molar-refractivity contribution in [2.45, 2.75) is 6.92 Å². The lowest BCUT2D eigenvalue weighted by Crippen LogP contribution is -2.12. The van der Waals surface area contributed by atoms with Gasteiger partial charge in [0, 0.05) is 44.5 Å². The maximum atomic E-state index is 5.10. The smallest absolute Gasteiger partial charge is 0.166 e. The van der Waals surface area contributed by atoms with Crippen LogP contribution in [0.4, 0.5) is 17.1 Å². The fourth-order valence-corrected chi connectivity index (χ4v) is 6.86. The lowest BCUT2D eigenvalue weighted by atomic mass is 10.1. The van der Waals surface area contributed by atoms with Crippen LogP contribution in [-0.4, -0.2) is 19.5 Å². The number of hydrogen-bond donors (Lipinski definition) is 0. The van der Waals surface area contributed by atoms with Crippen molar-refractivity contribution in [3.05, 3.63) is 188 Å². The van der Waals surface area contributed by atoms with Gasteiger partial charge in [-0.25, -0.2) is 15.0 Å². The predicted molar refractivity (Wildman–Crippen MR) is 210 cm³/mol. The molecule has 0 radical (unpaired) electrons. The zero-order chi connectivity index (χ0) is 34.1. The molecule has 5 nitrogen and oxygen atoms in total. The van der Waals surface area contributed by atoms with E-state index in [0.29, 0.717) is 17.5 Å². The molecule has 0 aliphatic heterocycles. The summed E-state index contributed by atoms with van der Waals surface area (Å²) in [6, 6.07) is 63.3. The molecule has 0 saturated heterocycles. The molecule has 2 aromatic heterocycles. The molecule has 2 heterocycles. The van der Waals surface area contributed by atoms with E-state index < -0.39 is 0 Å². The molecule has 0 saturated carbocycles. The van der Waals surface area contributed by atoms with Gasteiger partial charge in [-0.1, -0.05) is 127 Å². The molecular weight excluding hydrogens is 623 g/mol. The Balaban J connectivity index is 1.21. The van der Waals surface area contributed by atoms with Crippen molar-refractivity contribution in [3.8, 4) is 39.9 Å². The highest BCUT2D eigenvalue weighted by atomic mass is 15.2. The van der Waals surface area contributed by atoms with E-state index in [1.54, 1.807) is 0 Å². The predicted octanol–water partition coefficient (Wildman–Crippen LogP) is 11.7. The Bertz CT molecular complexity index is 2520. The van der Waals surface area contributed by atoms with E-state index in [1.807, 2.05) is 66.7 Å². The van der Waals surface area contributed by atoms with Gasteiger partial charge in [0.1, 0.15) is 0 Å². The maximum absolute atomic E-state index is 5.10. The van der Waals surface area contributed by atoms with Crippen LogP contribution in [0.25, 0.3) is 61.7 Å². The van der Waals surface area contributed by atoms with E-state index in [-0.39, 0.29) is 0 Å². The van der Waals surface area contributed by atoms with E-state index in [9.17, 15) is 0 Å². The average molecular weight is 656 g/mol. The lowest BCUT2D eigenvalue weighted by Gasteiger charge is -2.28. The molecule has 0 atom stereocenters. The average Bonchev–Trinajstić information content (AvgIpc) is 3.54. The van der Waals surface area contributed by atoms with Gasteiger partial charge in [-0.3, -0.25) is 0 Å². The fourth-order valence-electron chi connectivity index (χ4n) is 6.86. The van der Waals surface area contributed by atoms with E-state index in [1.165, 1.54) is 27.4 Å². The van der Waals surface area contributed by atoms with Gasteiger partial charge in [0.25, 0.3) is 0 Å². The molecule has 5 heteroatoms.